The second kappa shape index (κ2) is 9.88. The van der Waals surface area contributed by atoms with Crippen LogP contribution in [-0.2, 0) is 32.1 Å². The Morgan fingerprint density at radius 1 is 1.08 bits per heavy atom. The molecule has 10 heteroatoms. The Hall–Kier alpha value is -4.08. The molecule has 36 heavy (non-hydrogen) atoms. The summed E-state index contributed by atoms with van der Waals surface area (Å²) in [6, 6.07) is 9.34. The van der Waals surface area contributed by atoms with Crippen molar-refractivity contribution in [3.63, 3.8) is 0 Å². The Morgan fingerprint density at radius 2 is 1.81 bits per heavy atom. The van der Waals surface area contributed by atoms with Crippen LogP contribution >= 0.6 is 0 Å². The Morgan fingerprint density at radius 3 is 2.53 bits per heavy atom. The van der Waals surface area contributed by atoms with Crippen LogP contribution in [0, 0.1) is 0 Å². The highest BCUT2D eigenvalue weighted by molar-refractivity contribution is 6.25. The summed E-state index contributed by atoms with van der Waals surface area (Å²) in [5.41, 5.74) is 1.71. The molecule has 2 N–H and O–H groups in total. The number of pyridine rings is 1. The van der Waals surface area contributed by atoms with Crippen molar-refractivity contribution in [2.45, 2.75) is 64.6 Å². The summed E-state index contributed by atoms with van der Waals surface area (Å²) >= 11 is 0. The van der Waals surface area contributed by atoms with Crippen LogP contribution in [0.3, 0.4) is 0 Å². The zero-order valence-electron chi connectivity index (χ0n) is 20.4. The zero-order valence-corrected chi connectivity index (χ0v) is 20.4. The fourth-order valence-electron chi connectivity index (χ4n) is 4.24. The topological polar surface area (TPSA) is 135 Å². The first kappa shape index (κ1) is 25.0. The third-order valence-corrected chi connectivity index (χ3v) is 5.80. The number of ether oxygens (including phenoxy) is 1. The van der Waals surface area contributed by atoms with E-state index < -0.39 is 35.3 Å². The number of hydrogen-bond acceptors (Lipinski definition) is 8. The molecule has 188 valence electrons. The van der Waals surface area contributed by atoms with Gasteiger partial charge in [0.25, 0.3) is 11.8 Å². The fourth-order valence-corrected chi connectivity index (χ4v) is 4.24. The maximum absolute atomic E-state index is 13.2. The number of carbonyl (C=O) groups is 5. The molecular formula is C26H28N4O6. The van der Waals surface area contributed by atoms with Crippen LogP contribution in [0.1, 0.15) is 72.1 Å². The number of anilines is 1. The molecule has 1 unspecified atom stereocenters. The minimum Gasteiger partial charge on any atom is -0.460 e. The maximum Gasteiger partial charge on any atom is 0.306 e. The van der Waals surface area contributed by atoms with E-state index in [-0.39, 0.29) is 42.9 Å². The van der Waals surface area contributed by atoms with Crippen molar-refractivity contribution >= 4 is 35.3 Å². The number of fused-ring (bicyclic) bond motifs is 1. The third kappa shape index (κ3) is 5.42. The number of aryl methyl sites for hydroxylation is 1. The van der Waals surface area contributed by atoms with Crippen LogP contribution < -0.4 is 10.6 Å². The molecule has 0 spiro atoms. The number of carbonyl (C=O) groups excluding carboxylic acids is 5. The molecule has 1 aromatic heterocycles. The van der Waals surface area contributed by atoms with Crippen LogP contribution in [0.15, 0.2) is 36.4 Å². The molecular weight excluding hydrogens is 464 g/mol. The number of hydrogen-bond donors (Lipinski definition) is 2. The van der Waals surface area contributed by atoms with Gasteiger partial charge in [-0.15, -0.1) is 0 Å². The molecule has 0 saturated carbocycles. The van der Waals surface area contributed by atoms with Crippen molar-refractivity contribution in [3.8, 4) is 0 Å². The summed E-state index contributed by atoms with van der Waals surface area (Å²) in [5.74, 6) is -2.50. The predicted octanol–water partition coefficient (Wildman–Crippen LogP) is 2.37. The summed E-state index contributed by atoms with van der Waals surface area (Å²) in [6.07, 6.45) is 0.793. The maximum atomic E-state index is 13.2. The molecule has 4 rings (SSSR count). The fraction of sp³-hybridized carbons (Fsp3) is 0.385. The summed E-state index contributed by atoms with van der Waals surface area (Å²) in [5, 5.41) is 5.36. The normalized spacial score (nSPS) is 17.6. The van der Waals surface area contributed by atoms with Gasteiger partial charge >= 0.3 is 5.97 Å². The number of esters is 1. The lowest BCUT2D eigenvalue weighted by Crippen LogP contribution is -2.54. The minimum atomic E-state index is -1.02. The van der Waals surface area contributed by atoms with E-state index in [4.69, 9.17) is 4.74 Å². The van der Waals surface area contributed by atoms with Gasteiger partial charge < -0.3 is 10.1 Å². The van der Waals surface area contributed by atoms with Crippen molar-refractivity contribution in [1.29, 1.82) is 0 Å². The number of benzene rings is 1. The van der Waals surface area contributed by atoms with Crippen molar-refractivity contribution in [3.05, 3.63) is 58.9 Å². The van der Waals surface area contributed by atoms with E-state index in [0.717, 1.165) is 10.6 Å². The van der Waals surface area contributed by atoms with Crippen LogP contribution in [-0.4, -0.2) is 51.1 Å². The molecule has 10 nitrogen and oxygen atoms in total. The van der Waals surface area contributed by atoms with Gasteiger partial charge in [-0.3, -0.25) is 39.2 Å². The number of aromatic nitrogens is 1. The van der Waals surface area contributed by atoms with Crippen molar-refractivity contribution < 1.29 is 28.7 Å². The van der Waals surface area contributed by atoms with Crippen LogP contribution in [0.5, 0.6) is 0 Å². The van der Waals surface area contributed by atoms with E-state index in [2.05, 4.69) is 15.6 Å². The molecule has 0 radical (unpaired) electrons. The monoisotopic (exact) mass is 492 g/mol. The standard InChI is InChI=1S/C26H28N4O6/c1-26(2,3)36-21(32)13-10-15-6-4-7-16(28-15)14-27-18-9-5-8-17-22(18)25(35)30(24(17)34)19-11-12-20(31)29-23(19)33/h4-9,19,27H,10-14H2,1-3H3,(H,29,31,33). The number of imide groups is 2. The summed E-state index contributed by atoms with van der Waals surface area (Å²) in [4.78, 5) is 67.5. The molecule has 1 aromatic carbocycles. The average Bonchev–Trinajstić information content (AvgIpc) is 3.06. The third-order valence-electron chi connectivity index (χ3n) is 5.80. The Labute approximate surface area is 208 Å². The Kier molecular flexibility index (Phi) is 6.87. The SMILES string of the molecule is CC(C)(C)OC(=O)CCc1cccc(CNc2cccc3c2C(=O)N(C2CCC(=O)NC2=O)C3=O)n1. The number of rotatable bonds is 7. The van der Waals surface area contributed by atoms with Crippen LogP contribution in [0.2, 0.25) is 0 Å². The number of nitrogens with one attached hydrogen (secondary N) is 2. The van der Waals surface area contributed by atoms with Gasteiger partial charge in [0.15, 0.2) is 0 Å². The number of amides is 4. The summed E-state index contributed by atoms with van der Waals surface area (Å²) < 4.78 is 5.34. The smallest absolute Gasteiger partial charge is 0.306 e. The van der Waals surface area contributed by atoms with Crippen molar-refractivity contribution in [2.75, 3.05) is 5.32 Å². The van der Waals surface area contributed by atoms with Crippen molar-refractivity contribution in [2.24, 2.45) is 0 Å². The molecule has 1 saturated heterocycles. The highest BCUT2D eigenvalue weighted by Gasteiger charge is 2.45. The molecule has 2 aliphatic rings. The molecule has 1 atom stereocenters. The van der Waals surface area contributed by atoms with Gasteiger partial charge in [-0.05, 0) is 51.5 Å². The van der Waals surface area contributed by atoms with Gasteiger partial charge in [0, 0.05) is 24.2 Å². The van der Waals surface area contributed by atoms with Gasteiger partial charge in [-0.25, -0.2) is 0 Å². The quantitative estimate of drug-likeness (QED) is 0.444. The van der Waals surface area contributed by atoms with Crippen LogP contribution in [0.4, 0.5) is 5.69 Å². The molecule has 2 aromatic rings. The molecule has 1 fully saturated rings. The van der Waals surface area contributed by atoms with Gasteiger partial charge in [-0.1, -0.05) is 12.1 Å². The Bertz CT molecular complexity index is 1250. The second-order valence-corrected chi connectivity index (χ2v) is 9.74. The Balaban J connectivity index is 1.44. The molecule has 4 amide bonds. The summed E-state index contributed by atoms with van der Waals surface area (Å²) in [7, 11) is 0. The van der Waals surface area contributed by atoms with E-state index in [0.29, 0.717) is 17.8 Å². The van der Waals surface area contributed by atoms with Gasteiger partial charge in [0.1, 0.15) is 11.6 Å². The second-order valence-electron chi connectivity index (χ2n) is 9.74. The van der Waals surface area contributed by atoms with E-state index >= 15 is 0 Å². The van der Waals surface area contributed by atoms with Crippen molar-refractivity contribution in [1.82, 2.24) is 15.2 Å². The van der Waals surface area contributed by atoms with E-state index in [1.54, 1.807) is 18.2 Å². The molecule has 0 bridgehead atoms. The van der Waals surface area contributed by atoms with Gasteiger partial charge in [0.2, 0.25) is 11.8 Å². The van der Waals surface area contributed by atoms with Gasteiger partial charge in [0.05, 0.1) is 29.8 Å². The number of nitrogens with zero attached hydrogens (tertiary/aromatic N) is 2. The first-order chi connectivity index (χ1) is 17.0. The molecule has 2 aliphatic heterocycles. The minimum absolute atomic E-state index is 0.0604. The van der Waals surface area contributed by atoms with E-state index in [1.807, 2.05) is 39.0 Å². The highest BCUT2D eigenvalue weighted by Crippen LogP contribution is 2.32. The lowest BCUT2D eigenvalue weighted by molar-refractivity contribution is -0.154. The van der Waals surface area contributed by atoms with E-state index in [1.165, 1.54) is 0 Å². The van der Waals surface area contributed by atoms with Gasteiger partial charge in [-0.2, -0.15) is 0 Å². The van der Waals surface area contributed by atoms with Crippen LogP contribution in [0.25, 0.3) is 0 Å². The highest BCUT2D eigenvalue weighted by atomic mass is 16.6. The molecule has 0 aliphatic carbocycles. The average molecular weight is 493 g/mol. The molecule has 3 heterocycles. The summed E-state index contributed by atoms with van der Waals surface area (Å²) in [6.45, 7) is 5.73. The first-order valence-corrected chi connectivity index (χ1v) is 11.8. The predicted molar refractivity (Wildman–Crippen MR) is 129 cm³/mol. The number of piperidine rings is 1. The first-order valence-electron chi connectivity index (χ1n) is 11.8. The zero-order chi connectivity index (χ0) is 26.0. The largest absolute Gasteiger partial charge is 0.460 e. The van der Waals surface area contributed by atoms with E-state index in [9.17, 15) is 24.0 Å². The lowest BCUT2D eigenvalue weighted by atomic mass is 10.0. The lowest BCUT2D eigenvalue weighted by Gasteiger charge is -2.27.